The van der Waals surface area contributed by atoms with Crippen LogP contribution in [0, 0.1) is 6.92 Å². The molecule has 3 rings (SSSR count). The number of nitrogens with one attached hydrogen (secondary N) is 2. The van der Waals surface area contributed by atoms with E-state index in [4.69, 9.17) is 0 Å². The number of amides is 1. The molecule has 0 unspecified atom stereocenters. The van der Waals surface area contributed by atoms with E-state index in [9.17, 15) is 4.79 Å². The van der Waals surface area contributed by atoms with E-state index in [0.29, 0.717) is 0 Å². The predicted molar refractivity (Wildman–Crippen MR) is 105 cm³/mol. The molecule has 1 amide bonds. The number of rotatable bonds is 6. The van der Waals surface area contributed by atoms with Crippen LogP contribution in [0.5, 0.6) is 0 Å². The summed E-state index contributed by atoms with van der Waals surface area (Å²) in [4.78, 5) is 22.0. The van der Waals surface area contributed by atoms with Gasteiger partial charge in [0.1, 0.15) is 5.82 Å². The van der Waals surface area contributed by atoms with Crippen molar-refractivity contribution in [2.75, 3.05) is 16.9 Å². The van der Waals surface area contributed by atoms with Crippen molar-refractivity contribution in [3.05, 3.63) is 59.2 Å². The average molecular weight is 371 g/mol. The summed E-state index contributed by atoms with van der Waals surface area (Å²) in [6, 6.07) is 11.7. The number of carbonyl (C=O) groups excluding carboxylic acids is 1. The molecule has 0 aliphatic heterocycles. The lowest BCUT2D eigenvalue weighted by atomic mass is 10.3. The molecule has 0 saturated carbocycles. The monoisotopic (exact) mass is 370 g/mol. The standard InChI is InChI=1S/C18H18N4OS2/c1-12-7-8-19-16(9-12)22-18-20-13(11-25-18)10-17(23)21-14-5-3-4-6-15(14)24-2/h3-9,11H,10H2,1-2H3,(H,21,23)(H,19,20,22). The molecular weight excluding hydrogens is 352 g/mol. The van der Waals surface area contributed by atoms with Gasteiger partial charge in [0.25, 0.3) is 0 Å². The van der Waals surface area contributed by atoms with Gasteiger partial charge >= 0.3 is 0 Å². The molecule has 0 radical (unpaired) electrons. The summed E-state index contributed by atoms with van der Waals surface area (Å²) >= 11 is 3.06. The van der Waals surface area contributed by atoms with E-state index in [0.717, 1.165) is 32.8 Å². The summed E-state index contributed by atoms with van der Waals surface area (Å²) in [5.74, 6) is 0.672. The molecule has 5 nitrogen and oxygen atoms in total. The van der Waals surface area contributed by atoms with Crippen molar-refractivity contribution in [3.8, 4) is 0 Å². The van der Waals surface area contributed by atoms with E-state index in [1.165, 1.54) is 11.3 Å². The smallest absolute Gasteiger partial charge is 0.230 e. The normalized spacial score (nSPS) is 10.5. The lowest BCUT2D eigenvalue weighted by molar-refractivity contribution is -0.115. The summed E-state index contributed by atoms with van der Waals surface area (Å²) < 4.78 is 0. The number of nitrogens with zero attached hydrogens (tertiary/aromatic N) is 2. The number of hydrogen-bond donors (Lipinski definition) is 2. The van der Waals surface area contributed by atoms with Crippen LogP contribution in [0.3, 0.4) is 0 Å². The summed E-state index contributed by atoms with van der Waals surface area (Å²) in [5.41, 5.74) is 2.69. The number of aromatic nitrogens is 2. The van der Waals surface area contributed by atoms with Gasteiger partial charge in [0.15, 0.2) is 5.13 Å². The Morgan fingerprint density at radius 2 is 2.12 bits per heavy atom. The Kier molecular flexibility index (Phi) is 5.67. The molecule has 0 aliphatic carbocycles. The van der Waals surface area contributed by atoms with Gasteiger partial charge in [-0.05, 0) is 43.0 Å². The number of aryl methyl sites for hydroxylation is 1. The minimum Gasteiger partial charge on any atom is -0.325 e. The van der Waals surface area contributed by atoms with Gasteiger partial charge in [0.2, 0.25) is 5.91 Å². The van der Waals surface area contributed by atoms with Crippen molar-refractivity contribution < 1.29 is 4.79 Å². The Morgan fingerprint density at radius 3 is 2.92 bits per heavy atom. The number of anilines is 3. The maximum absolute atomic E-state index is 12.3. The minimum absolute atomic E-state index is 0.0768. The number of carbonyl (C=O) groups is 1. The number of para-hydroxylation sites is 1. The zero-order valence-corrected chi connectivity index (χ0v) is 15.6. The highest BCUT2D eigenvalue weighted by Crippen LogP contribution is 2.25. The molecule has 1 aromatic carbocycles. The molecule has 0 bridgehead atoms. The van der Waals surface area contributed by atoms with Crippen LogP contribution in [-0.2, 0) is 11.2 Å². The molecule has 0 saturated heterocycles. The third kappa shape index (κ3) is 4.80. The van der Waals surface area contributed by atoms with E-state index in [1.54, 1.807) is 18.0 Å². The lowest BCUT2D eigenvalue weighted by Crippen LogP contribution is -2.15. The Hall–Kier alpha value is -2.38. The summed E-state index contributed by atoms with van der Waals surface area (Å²) in [5, 5.41) is 8.73. The first-order valence-electron chi connectivity index (χ1n) is 7.71. The van der Waals surface area contributed by atoms with Crippen molar-refractivity contribution in [2.45, 2.75) is 18.2 Å². The van der Waals surface area contributed by atoms with Gasteiger partial charge in [-0.3, -0.25) is 4.79 Å². The van der Waals surface area contributed by atoms with E-state index in [-0.39, 0.29) is 12.3 Å². The van der Waals surface area contributed by atoms with Crippen LogP contribution in [-0.4, -0.2) is 22.1 Å². The summed E-state index contributed by atoms with van der Waals surface area (Å²) in [6.07, 6.45) is 3.98. The quantitative estimate of drug-likeness (QED) is 0.626. The Balaban J connectivity index is 1.62. The van der Waals surface area contributed by atoms with Crippen molar-refractivity contribution in [1.82, 2.24) is 9.97 Å². The highest BCUT2D eigenvalue weighted by Gasteiger charge is 2.10. The van der Waals surface area contributed by atoms with Crippen molar-refractivity contribution in [3.63, 3.8) is 0 Å². The second-order valence-corrected chi connectivity index (χ2v) is 7.12. The molecule has 2 aromatic heterocycles. The predicted octanol–water partition coefficient (Wildman–Crippen LogP) is 4.49. The molecule has 25 heavy (non-hydrogen) atoms. The third-order valence-corrected chi connectivity index (χ3v) is 5.03. The van der Waals surface area contributed by atoms with Gasteiger partial charge in [-0.2, -0.15) is 0 Å². The van der Waals surface area contributed by atoms with Crippen LogP contribution in [0.4, 0.5) is 16.6 Å². The number of pyridine rings is 1. The minimum atomic E-state index is -0.0768. The first-order chi connectivity index (χ1) is 12.1. The highest BCUT2D eigenvalue weighted by atomic mass is 32.2. The fourth-order valence-electron chi connectivity index (χ4n) is 2.27. The topological polar surface area (TPSA) is 66.9 Å². The maximum Gasteiger partial charge on any atom is 0.230 e. The molecule has 128 valence electrons. The van der Waals surface area contributed by atoms with Crippen LogP contribution < -0.4 is 10.6 Å². The zero-order chi connectivity index (χ0) is 17.6. The van der Waals surface area contributed by atoms with Crippen LogP contribution >= 0.6 is 23.1 Å². The van der Waals surface area contributed by atoms with Crippen LogP contribution in [0.1, 0.15) is 11.3 Å². The van der Waals surface area contributed by atoms with Gasteiger partial charge < -0.3 is 10.6 Å². The van der Waals surface area contributed by atoms with Gasteiger partial charge in [0.05, 0.1) is 17.8 Å². The number of benzene rings is 1. The molecule has 0 aliphatic rings. The van der Waals surface area contributed by atoms with E-state index >= 15 is 0 Å². The summed E-state index contributed by atoms with van der Waals surface area (Å²) in [7, 11) is 0. The number of hydrogen-bond acceptors (Lipinski definition) is 6. The first-order valence-corrected chi connectivity index (χ1v) is 9.81. The van der Waals surface area contributed by atoms with E-state index < -0.39 is 0 Å². The SMILES string of the molecule is CSc1ccccc1NC(=O)Cc1csc(Nc2cc(C)ccn2)n1. The van der Waals surface area contributed by atoms with Crippen molar-refractivity contribution in [2.24, 2.45) is 0 Å². The molecule has 2 N–H and O–H groups in total. The van der Waals surface area contributed by atoms with Crippen LogP contribution in [0.2, 0.25) is 0 Å². The van der Waals surface area contributed by atoms with Crippen LogP contribution in [0.15, 0.2) is 52.9 Å². The molecule has 2 heterocycles. The van der Waals surface area contributed by atoms with Crippen molar-refractivity contribution >= 4 is 45.6 Å². The van der Waals surface area contributed by atoms with Gasteiger partial charge in [-0.15, -0.1) is 23.1 Å². The second-order valence-electron chi connectivity index (χ2n) is 5.41. The lowest BCUT2D eigenvalue weighted by Gasteiger charge is -2.08. The Morgan fingerprint density at radius 1 is 1.28 bits per heavy atom. The van der Waals surface area contributed by atoms with E-state index in [2.05, 4.69) is 20.6 Å². The highest BCUT2D eigenvalue weighted by molar-refractivity contribution is 7.98. The molecule has 3 aromatic rings. The maximum atomic E-state index is 12.3. The van der Waals surface area contributed by atoms with Gasteiger partial charge in [0, 0.05) is 16.5 Å². The number of thioether (sulfide) groups is 1. The number of thiazole rings is 1. The molecule has 0 fully saturated rings. The largest absolute Gasteiger partial charge is 0.325 e. The average Bonchev–Trinajstić information content (AvgIpc) is 3.02. The Bertz CT molecular complexity index is 879. The van der Waals surface area contributed by atoms with E-state index in [1.807, 2.05) is 55.0 Å². The zero-order valence-electron chi connectivity index (χ0n) is 13.9. The van der Waals surface area contributed by atoms with Gasteiger partial charge in [-0.1, -0.05) is 12.1 Å². The van der Waals surface area contributed by atoms with Crippen molar-refractivity contribution in [1.29, 1.82) is 0 Å². The first kappa shape index (κ1) is 17.4. The molecule has 0 spiro atoms. The molecule has 7 heteroatoms. The van der Waals surface area contributed by atoms with Gasteiger partial charge in [-0.25, -0.2) is 9.97 Å². The third-order valence-electron chi connectivity index (χ3n) is 3.42. The second kappa shape index (κ2) is 8.13. The summed E-state index contributed by atoms with van der Waals surface area (Å²) in [6.45, 7) is 2.01. The fraction of sp³-hybridized carbons (Fsp3) is 0.167. The van der Waals surface area contributed by atoms with Crippen LogP contribution in [0.25, 0.3) is 0 Å². The molecular formula is C18H18N4OS2. The molecule has 0 atom stereocenters. The fourth-order valence-corrected chi connectivity index (χ4v) is 3.54. The Labute approximate surface area is 154 Å².